The summed E-state index contributed by atoms with van der Waals surface area (Å²) in [5.41, 5.74) is 10.5. The van der Waals surface area contributed by atoms with E-state index in [4.69, 9.17) is 13.2 Å². The topological polar surface area (TPSA) is 24.3 Å². The summed E-state index contributed by atoms with van der Waals surface area (Å²) in [7, 11) is 0. The SMILES string of the molecule is [2H]c1c([2H])c([2H])c(-c2c(C)c(C)c(C)c(-c3c([2H])c([2H])c([2H])c([2H])c3[2H])c2N2[CH-]N(c3[c-]c(Cc4[c-]c5c(cc4)c4ccccc4n5-c4cc(C(C)(C)C)ccn4)cc(C)c3)c3ccccc32)c([2H])c1[2H].[Pt]. The Labute approximate surface area is 394 Å². The van der Waals surface area contributed by atoms with Crippen LogP contribution in [0.4, 0.5) is 22.7 Å². The molecule has 4 nitrogen and oxygen atoms in total. The fourth-order valence-corrected chi connectivity index (χ4v) is 8.70. The Morgan fingerprint density at radius 3 is 1.94 bits per heavy atom. The molecule has 0 unspecified atom stereocenters. The van der Waals surface area contributed by atoms with Crippen LogP contribution in [0.2, 0.25) is 0 Å². The van der Waals surface area contributed by atoms with Gasteiger partial charge in [-0.25, -0.2) is 4.98 Å². The first kappa shape index (κ1) is 30.7. The molecular formula is C57H49N4Pt-3. The summed E-state index contributed by atoms with van der Waals surface area (Å²) >= 11 is 0. The number of anilines is 4. The fraction of sp³-hybridized carbons (Fsp3) is 0.158. The van der Waals surface area contributed by atoms with Crippen LogP contribution in [0.3, 0.4) is 0 Å². The summed E-state index contributed by atoms with van der Waals surface area (Å²) in [6.45, 7) is 15.9. The van der Waals surface area contributed by atoms with E-state index in [9.17, 15) is 5.48 Å². The third-order valence-electron chi connectivity index (χ3n) is 11.9. The van der Waals surface area contributed by atoms with E-state index in [0.717, 1.165) is 50.0 Å². The number of hydrogen-bond donors (Lipinski definition) is 0. The van der Waals surface area contributed by atoms with Crippen molar-refractivity contribution in [3.8, 4) is 28.1 Å². The van der Waals surface area contributed by atoms with E-state index in [1.807, 2.05) is 92.8 Å². The molecule has 2 aromatic heterocycles. The normalized spacial score (nSPS) is 14.8. The monoisotopic (exact) mass is 994 g/mol. The Morgan fingerprint density at radius 2 is 1.27 bits per heavy atom. The van der Waals surface area contributed by atoms with Crippen molar-refractivity contribution in [2.24, 2.45) is 0 Å². The van der Waals surface area contributed by atoms with Crippen LogP contribution in [0.5, 0.6) is 0 Å². The zero-order chi connectivity index (χ0) is 50.7. The second kappa shape index (κ2) is 16.2. The van der Waals surface area contributed by atoms with Crippen molar-refractivity contribution in [1.82, 2.24) is 9.55 Å². The average Bonchev–Trinajstić information content (AvgIpc) is 3.90. The number of aryl methyl sites for hydroxylation is 1. The maximum absolute atomic E-state index is 9.25. The minimum Gasteiger partial charge on any atom is -0.493 e. The van der Waals surface area contributed by atoms with Crippen LogP contribution in [0.25, 0.3) is 49.9 Å². The minimum absolute atomic E-state index is 0. The van der Waals surface area contributed by atoms with Crippen LogP contribution in [0.15, 0.2) is 152 Å². The van der Waals surface area contributed by atoms with Gasteiger partial charge in [-0.1, -0.05) is 124 Å². The number of rotatable bonds is 7. The second-order valence-electron chi connectivity index (χ2n) is 16.8. The molecule has 1 aliphatic rings. The number of pyridine rings is 1. The molecule has 0 radical (unpaired) electrons. The Kier molecular flexibility index (Phi) is 8.05. The molecule has 1 aliphatic heterocycles. The molecule has 62 heavy (non-hydrogen) atoms. The van der Waals surface area contributed by atoms with Crippen LogP contribution in [0.1, 0.15) is 73.4 Å². The third-order valence-corrected chi connectivity index (χ3v) is 11.9. The largest absolute Gasteiger partial charge is 0.493 e. The van der Waals surface area contributed by atoms with Crippen molar-refractivity contribution < 1.29 is 34.8 Å². The van der Waals surface area contributed by atoms with E-state index in [0.29, 0.717) is 40.2 Å². The summed E-state index contributed by atoms with van der Waals surface area (Å²) in [5.74, 6) is 0.817. The number of hydrogen-bond acceptors (Lipinski definition) is 3. The van der Waals surface area contributed by atoms with Gasteiger partial charge in [-0.15, -0.1) is 23.8 Å². The van der Waals surface area contributed by atoms with Gasteiger partial charge < -0.3 is 14.4 Å². The van der Waals surface area contributed by atoms with E-state index in [1.165, 1.54) is 5.56 Å². The van der Waals surface area contributed by atoms with Crippen molar-refractivity contribution in [3.63, 3.8) is 0 Å². The molecule has 9 aromatic rings. The van der Waals surface area contributed by atoms with Crippen LogP contribution in [0, 0.1) is 46.5 Å². The van der Waals surface area contributed by atoms with Crippen molar-refractivity contribution in [2.75, 3.05) is 9.80 Å². The fourth-order valence-electron chi connectivity index (χ4n) is 8.70. The Balaban J connectivity index is 0.00000640. The number of nitrogens with zero attached hydrogens (tertiary/aromatic N) is 4. The van der Waals surface area contributed by atoms with E-state index >= 15 is 0 Å². The number of benzene rings is 7. The molecule has 0 N–H and O–H groups in total. The van der Waals surface area contributed by atoms with Crippen molar-refractivity contribution in [1.29, 1.82) is 0 Å². The Hall–Kier alpha value is -6.22. The van der Waals surface area contributed by atoms with Crippen molar-refractivity contribution >= 4 is 44.6 Å². The zero-order valence-corrected chi connectivity index (χ0v) is 37.8. The van der Waals surface area contributed by atoms with Gasteiger partial charge in [-0.3, -0.25) is 0 Å². The van der Waals surface area contributed by atoms with Gasteiger partial charge in [0.1, 0.15) is 5.82 Å². The number of aromatic nitrogens is 2. The molecule has 0 atom stereocenters. The van der Waals surface area contributed by atoms with Crippen molar-refractivity contribution in [3.05, 3.63) is 209 Å². The standard InChI is InChI=1S/C57H49N4.Pt/c1-37-30-42(32-41-26-27-48-47-22-14-15-23-49(47)61(52(48)34-41)53-35-45(28-29-58-53)57(5,6)7)33-46(31-37)59-36-60(51-25-17-16-24-50(51)59)56-54(43-18-10-8-11-19-43)39(3)38(2)40(4)55(56)44-20-12-9-13-21-44;/h8-31,35-36H,32H2,1-7H3;/q-3;/i8D,9D,10D,11D,12D,13D,18D,19D,20D,21D;. The molecule has 0 saturated carbocycles. The Bertz CT molecular complexity index is 3580. The molecule has 5 heteroatoms. The average molecular weight is 995 g/mol. The van der Waals surface area contributed by atoms with E-state index in [-0.39, 0.29) is 48.7 Å². The smallest absolute Gasteiger partial charge is 0.135 e. The van der Waals surface area contributed by atoms with Gasteiger partial charge in [-0.05, 0) is 102 Å². The van der Waals surface area contributed by atoms with Gasteiger partial charge >= 0.3 is 0 Å². The molecule has 0 amide bonds. The number of para-hydroxylation sites is 3. The predicted molar refractivity (Wildman–Crippen MR) is 255 cm³/mol. The second-order valence-corrected chi connectivity index (χ2v) is 16.8. The van der Waals surface area contributed by atoms with Crippen molar-refractivity contribution in [2.45, 2.75) is 60.3 Å². The van der Waals surface area contributed by atoms with Crippen LogP contribution in [-0.4, -0.2) is 9.55 Å². The first-order valence-electron chi connectivity index (χ1n) is 25.4. The summed E-state index contributed by atoms with van der Waals surface area (Å²) in [6, 6.07) is 31.2. The van der Waals surface area contributed by atoms with Gasteiger partial charge in [0.15, 0.2) is 0 Å². The van der Waals surface area contributed by atoms with E-state index < -0.39 is 60.4 Å². The van der Waals surface area contributed by atoms with Gasteiger partial charge in [0, 0.05) is 61.0 Å². The first-order valence-corrected chi connectivity index (χ1v) is 20.4. The summed E-state index contributed by atoms with van der Waals surface area (Å²) < 4.78 is 91.1. The minimum atomic E-state index is -0.546. The van der Waals surface area contributed by atoms with Gasteiger partial charge in [0.05, 0.1) is 13.7 Å². The van der Waals surface area contributed by atoms with Crippen LogP contribution < -0.4 is 9.80 Å². The molecule has 0 saturated heterocycles. The Morgan fingerprint density at radius 1 is 0.645 bits per heavy atom. The van der Waals surface area contributed by atoms with Gasteiger partial charge in [0.2, 0.25) is 0 Å². The maximum Gasteiger partial charge on any atom is 0.135 e. The summed E-state index contributed by atoms with van der Waals surface area (Å²) in [6.07, 6.45) is 2.36. The van der Waals surface area contributed by atoms with Crippen LogP contribution >= 0.6 is 0 Å². The molecule has 0 spiro atoms. The molecule has 0 aliphatic carbocycles. The van der Waals surface area contributed by atoms with Gasteiger partial charge in [-0.2, -0.15) is 47.0 Å². The quantitative estimate of drug-likeness (QED) is 0.149. The van der Waals surface area contributed by atoms with Gasteiger partial charge in [0.25, 0.3) is 0 Å². The van der Waals surface area contributed by atoms with E-state index in [1.54, 1.807) is 0 Å². The molecular weight excluding hydrogens is 936 g/mol. The predicted octanol–water partition coefficient (Wildman–Crippen LogP) is 14.6. The summed E-state index contributed by atoms with van der Waals surface area (Å²) in [4.78, 5) is 8.69. The molecule has 310 valence electrons. The van der Waals surface area contributed by atoms with E-state index in [2.05, 4.69) is 79.9 Å². The molecule has 0 fully saturated rings. The molecule has 3 heterocycles. The number of fused-ring (bicyclic) bond motifs is 4. The van der Waals surface area contributed by atoms with Crippen LogP contribution in [-0.2, 0) is 32.9 Å². The summed E-state index contributed by atoms with van der Waals surface area (Å²) in [5, 5.41) is 2.17. The molecule has 0 bridgehead atoms. The zero-order valence-electron chi connectivity index (χ0n) is 45.5. The third kappa shape index (κ3) is 7.15. The maximum atomic E-state index is 9.25. The molecule has 10 rings (SSSR count). The molecule has 7 aromatic carbocycles. The first-order chi connectivity index (χ1) is 33.7.